The molecule has 0 aliphatic heterocycles. The van der Waals surface area contributed by atoms with Crippen LogP contribution >= 0.6 is 11.6 Å². The Bertz CT molecular complexity index is 688. The second-order valence-electron chi connectivity index (χ2n) is 4.64. The number of carboxylic acids is 1. The van der Waals surface area contributed by atoms with Crippen molar-refractivity contribution in [1.82, 2.24) is 14.7 Å². The summed E-state index contributed by atoms with van der Waals surface area (Å²) in [5, 5.41) is 11.4. The van der Waals surface area contributed by atoms with Crippen molar-refractivity contribution in [3.63, 3.8) is 0 Å². The fraction of sp³-hybridized carbons (Fsp3) is 0.308. The summed E-state index contributed by atoms with van der Waals surface area (Å²) in [4.78, 5) is 26.5. The largest absolute Gasteiger partial charge is 0.479 e. The molecular weight excluding hydrogens is 301 g/mol. The number of aromatic nitrogens is 2. The number of carbonyl (C=O) groups is 2. The number of carboxylic acid groups (broad SMARTS) is 1. The molecule has 2 aromatic rings. The minimum Gasteiger partial charge on any atom is -0.479 e. The van der Waals surface area contributed by atoms with Gasteiger partial charge in [-0.2, -0.15) is 0 Å². The van der Waals surface area contributed by atoms with E-state index in [0.29, 0.717) is 10.7 Å². The van der Waals surface area contributed by atoms with Crippen LogP contribution in [0, 0.1) is 5.92 Å². The first-order valence-corrected chi connectivity index (χ1v) is 6.56. The van der Waals surface area contributed by atoms with Gasteiger partial charge < -0.3 is 14.8 Å². The molecule has 21 heavy (non-hydrogen) atoms. The summed E-state index contributed by atoms with van der Waals surface area (Å²) in [7, 11) is 0. The number of hydrogen-bond donors (Lipinski definition) is 2. The van der Waals surface area contributed by atoms with Gasteiger partial charge in [-0.25, -0.2) is 14.2 Å². The van der Waals surface area contributed by atoms with Crippen molar-refractivity contribution in [2.45, 2.75) is 13.1 Å². The normalized spacial score (nSPS) is 13.9. The van der Waals surface area contributed by atoms with Crippen molar-refractivity contribution >= 4 is 29.1 Å². The molecule has 0 aliphatic rings. The van der Waals surface area contributed by atoms with Crippen LogP contribution in [-0.4, -0.2) is 39.1 Å². The number of aliphatic carboxylic acids is 1. The molecule has 2 aromatic heterocycles. The van der Waals surface area contributed by atoms with Crippen LogP contribution in [0.2, 0.25) is 5.02 Å². The van der Waals surface area contributed by atoms with Crippen LogP contribution in [0.15, 0.2) is 24.5 Å². The Kier molecular flexibility index (Phi) is 4.42. The number of rotatable bonds is 5. The Morgan fingerprint density at radius 1 is 1.57 bits per heavy atom. The fourth-order valence-corrected chi connectivity index (χ4v) is 1.99. The van der Waals surface area contributed by atoms with Gasteiger partial charge in [-0.3, -0.25) is 4.79 Å². The van der Waals surface area contributed by atoms with E-state index in [2.05, 4.69) is 10.3 Å². The van der Waals surface area contributed by atoms with E-state index in [0.717, 1.165) is 0 Å². The number of fused-ring (bicyclic) bond motifs is 1. The third-order valence-corrected chi connectivity index (χ3v) is 3.28. The summed E-state index contributed by atoms with van der Waals surface area (Å²) in [6.45, 7) is 1.30. The minimum atomic E-state index is -2.03. The van der Waals surface area contributed by atoms with E-state index in [1.54, 1.807) is 22.7 Å². The van der Waals surface area contributed by atoms with Gasteiger partial charge in [0, 0.05) is 24.9 Å². The maximum atomic E-state index is 13.2. The van der Waals surface area contributed by atoms with Crippen LogP contribution in [-0.2, 0) is 4.79 Å². The Labute approximate surface area is 124 Å². The zero-order valence-electron chi connectivity index (χ0n) is 11.1. The van der Waals surface area contributed by atoms with Gasteiger partial charge in [-0.1, -0.05) is 18.5 Å². The lowest BCUT2D eigenvalue weighted by Crippen LogP contribution is -2.35. The van der Waals surface area contributed by atoms with Gasteiger partial charge in [-0.15, -0.1) is 0 Å². The molecule has 8 heteroatoms. The standard InChI is InChI=1S/C13H13ClFN3O3/c1-7(10(15)13(20)21)5-16-12(19)9-6-18-4-2-3-8(14)11(18)17-9/h2-4,6-7,10H,5H2,1H3,(H,16,19)(H,20,21). The summed E-state index contributed by atoms with van der Waals surface area (Å²) in [6, 6.07) is 3.36. The number of nitrogens with zero attached hydrogens (tertiary/aromatic N) is 2. The highest BCUT2D eigenvalue weighted by molar-refractivity contribution is 6.33. The number of amides is 1. The van der Waals surface area contributed by atoms with E-state index in [-0.39, 0.29) is 12.2 Å². The number of alkyl halides is 1. The van der Waals surface area contributed by atoms with Crippen LogP contribution in [0.4, 0.5) is 4.39 Å². The molecule has 0 aliphatic carbocycles. The Morgan fingerprint density at radius 3 is 2.90 bits per heavy atom. The maximum absolute atomic E-state index is 13.2. The second-order valence-corrected chi connectivity index (χ2v) is 5.05. The van der Waals surface area contributed by atoms with Gasteiger partial charge in [-0.05, 0) is 12.1 Å². The first kappa shape index (κ1) is 15.2. The predicted octanol–water partition coefficient (Wildman–Crippen LogP) is 1.78. The zero-order chi connectivity index (χ0) is 15.6. The third kappa shape index (κ3) is 3.30. The van der Waals surface area contributed by atoms with Crippen molar-refractivity contribution in [2.75, 3.05) is 6.54 Å². The summed E-state index contributed by atoms with van der Waals surface area (Å²) in [5.41, 5.74) is 0.562. The molecule has 2 rings (SSSR count). The van der Waals surface area contributed by atoms with E-state index in [1.165, 1.54) is 13.1 Å². The Balaban J connectivity index is 2.06. The van der Waals surface area contributed by atoms with Gasteiger partial charge in [0.2, 0.25) is 6.17 Å². The van der Waals surface area contributed by atoms with Gasteiger partial charge in [0.15, 0.2) is 5.65 Å². The maximum Gasteiger partial charge on any atom is 0.338 e. The first-order chi connectivity index (χ1) is 9.90. The molecule has 6 nitrogen and oxygen atoms in total. The quantitative estimate of drug-likeness (QED) is 0.881. The van der Waals surface area contributed by atoms with Crippen LogP contribution in [0.5, 0.6) is 0 Å². The molecule has 2 atom stereocenters. The summed E-state index contributed by atoms with van der Waals surface area (Å²) < 4.78 is 14.8. The van der Waals surface area contributed by atoms with Crippen molar-refractivity contribution in [2.24, 2.45) is 5.92 Å². The fourth-order valence-electron chi connectivity index (χ4n) is 1.78. The van der Waals surface area contributed by atoms with Crippen LogP contribution in [0.25, 0.3) is 5.65 Å². The van der Waals surface area contributed by atoms with Crippen LogP contribution in [0.1, 0.15) is 17.4 Å². The van der Waals surface area contributed by atoms with Crippen LogP contribution in [0.3, 0.4) is 0 Å². The smallest absolute Gasteiger partial charge is 0.338 e. The summed E-state index contributed by atoms with van der Waals surface area (Å²) in [5.74, 6) is -2.90. The molecule has 2 heterocycles. The SMILES string of the molecule is CC(CNC(=O)c1cn2cccc(Cl)c2n1)C(F)C(=O)O. The molecule has 1 amide bonds. The van der Waals surface area contributed by atoms with Crippen molar-refractivity contribution in [1.29, 1.82) is 0 Å². The number of nitrogens with one attached hydrogen (secondary N) is 1. The average Bonchev–Trinajstić information content (AvgIpc) is 2.89. The molecule has 0 fully saturated rings. The Morgan fingerprint density at radius 2 is 2.29 bits per heavy atom. The van der Waals surface area contributed by atoms with E-state index in [9.17, 15) is 14.0 Å². The lowest BCUT2D eigenvalue weighted by atomic mass is 10.1. The number of carbonyl (C=O) groups excluding carboxylic acids is 1. The number of hydrogen-bond acceptors (Lipinski definition) is 3. The number of pyridine rings is 1. The van der Waals surface area contributed by atoms with Crippen molar-refractivity contribution in [3.05, 3.63) is 35.2 Å². The molecule has 2 unspecified atom stereocenters. The monoisotopic (exact) mass is 313 g/mol. The lowest BCUT2D eigenvalue weighted by molar-refractivity contribution is -0.144. The van der Waals surface area contributed by atoms with Crippen molar-refractivity contribution < 1.29 is 19.1 Å². The number of halogens is 2. The predicted molar refractivity (Wildman–Crippen MR) is 74.2 cm³/mol. The van der Waals surface area contributed by atoms with Gasteiger partial charge in [0.1, 0.15) is 5.69 Å². The van der Waals surface area contributed by atoms with E-state index < -0.39 is 24.0 Å². The zero-order valence-corrected chi connectivity index (χ0v) is 11.8. The molecule has 0 bridgehead atoms. The molecule has 0 radical (unpaired) electrons. The number of imidazole rings is 1. The van der Waals surface area contributed by atoms with E-state index >= 15 is 0 Å². The highest BCUT2D eigenvalue weighted by Gasteiger charge is 2.24. The van der Waals surface area contributed by atoms with E-state index in [4.69, 9.17) is 16.7 Å². The minimum absolute atomic E-state index is 0.103. The molecule has 2 N–H and O–H groups in total. The summed E-state index contributed by atoms with van der Waals surface area (Å²) in [6.07, 6.45) is 1.15. The van der Waals surface area contributed by atoms with E-state index in [1.807, 2.05) is 0 Å². The second kappa shape index (κ2) is 6.09. The molecular formula is C13H13ClFN3O3. The Hall–Kier alpha value is -2.15. The summed E-state index contributed by atoms with van der Waals surface area (Å²) >= 11 is 5.95. The third-order valence-electron chi connectivity index (χ3n) is 2.99. The first-order valence-electron chi connectivity index (χ1n) is 6.18. The van der Waals surface area contributed by atoms with Crippen LogP contribution < -0.4 is 5.32 Å². The average molecular weight is 314 g/mol. The molecule has 0 aromatic carbocycles. The molecule has 0 saturated heterocycles. The molecule has 0 spiro atoms. The van der Waals surface area contributed by atoms with Gasteiger partial charge >= 0.3 is 5.97 Å². The topological polar surface area (TPSA) is 83.7 Å². The van der Waals surface area contributed by atoms with Gasteiger partial charge in [0.25, 0.3) is 5.91 Å². The highest BCUT2D eigenvalue weighted by atomic mass is 35.5. The van der Waals surface area contributed by atoms with Gasteiger partial charge in [0.05, 0.1) is 5.02 Å². The molecule has 0 saturated carbocycles. The lowest BCUT2D eigenvalue weighted by Gasteiger charge is -2.13. The van der Waals surface area contributed by atoms with Crippen molar-refractivity contribution in [3.8, 4) is 0 Å². The molecule has 112 valence electrons. The highest BCUT2D eigenvalue weighted by Crippen LogP contribution is 2.16.